The highest BCUT2D eigenvalue weighted by molar-refractivity contribution is 7.13. The summed E-state index contributed by atoms with van der Waals surface area (Å²) in [6, 6.07) is 11.5. The van der Waals surface area contributed by atoms with Crippen LogP contribution < -0.4 is 5.56 Å². The van der Waals surface area contributed by atoms with E-state index in [4.69, 9.17) is 4.74 Å². The van der Waals surface area contributed by atoms with Gasteiger partial charge in [-0.15, -0.1) is 11.3 Å². The number of hydrogen-bond donors (Lipinski definition) is 0. The Bertz CT molecular complexity index is 1030. The van der Waals surface area contributed by atoms with Gasteiger partial charge in [-0.1, -0.05) is 24.3 Å². The molecule has 1 fully saturated rings. The minimum atomic E-state index is -0.151. The first-order valence-corrected chi connectivity index (χ1v) is 10.1. The van der Waals surface area contributed by atoms with E-state index in [1.54, 1.807) is 16.2 Å². The van der Waals surface area contributed by atoms with Crippen molar-refractivity contribution in [2.75, 3.05) is 39.9 Å². The number of aromatic nitrogens is 2. The van der Waals surface area contributed by atoms with Crippen LogP contribution in [0.5, 0.6) is 0 Å². The van der Waals surface area contributed by atoms with Crippen molar-refractivity contribution < 1.29 is 9.53 Å². The number of carbonyl (C=O) groups is 1. The molecule has 3 heterocycles. The van der Waals surface area contributed by atoms with Crippen LogP contribution in [0.4, 0.5) is 0 Å². The molecule has 0 bridgehead atoms. The highest BCUT2D eigenvalue weighted by Crippen LogP contribution is 2.28. The first-order chi connectivity index (χ1) is 13.6. The Hall–Kier alpha value is -2.55. The third-order valence-electron chi connectivity index (χ3n) is 4.77. The van der Waals surface area contributed by atoms with Gasteiger partial charge in [0.25, 0.3) is 5.56 Å². The number of rotatable bonds is 5. The molecule has 28 heavy (non-hydrogen) atoms. The first kappa shape index (κ1) is 18.8. The van der Waals surface area contributed by atoms with Crippen molar-refractivity contribution in [3.8, 4) is 10.6 Å². The maximum atomic E-state index is 12.9. The Morgan fingerprint density at radius 3 is 2.64 bits per heavy atom. The first-order valence-electron chi connectivity index (χ1n) is 9.21. The standard InChI is InChI=1S/C20H22N4O3S/c1-22(13-18(25)23-8-10-27-11-9-23)14-24-20(26)16-6-3-2-5-15(16)19(21-24)17-7-4-12-28-17/h2-7,12H,8-11,13-14H2,1H3. The Balaban J connectivity index is 1.60. The third-order valence-corrected chi connectivity index (χ3v) is 5.64. The Kier molecular flexibility index (Phi) is 5.52. The van der Waals surface area contributed by atoms with Crippen molar-refractivity contribution in [1.82, 2.24) is 19.6 Å². The molecule has 0 N–H and O–H groups in total. The zero-order chi connectivity index (χ0) is 19.5. The van der Waals surface area contributed by atoms with Crippen molar-refractivity contribution in [1.29, 1.82) is 0 Å². The molecule has 1 amide bonds. The fourth-order valence-electron chi connectivity index (χ4n) is 3.35. The number of carbonyl (C=O) groups excluding carboxylic acids is 1. The molecule has 3 aromatic rings. The van der Waals surface area contributed by atoms with Crippen LogP contribution in [-0.4, -0.2) is 65.4 Å². The van der Waals surface area contributed by atoms with Gasteiger partial charge in [-0.2, -0.15) is 5.10 Å². The number of thiophene rings is 1. The van der Waals surface area contributed by atoms with Crippen molar-refractivity contribution in [3.05, 3.63) is 52.1 Å². The number of morpholine rings is 1. The van der Waals surface area contributed by atoms with Gasteiger partial charge in [0.15, 0.2) is 0 Å². The second kappa shape index (κ2) is 8.22. The summed E-state index contributed by atoms with van der Waals surface area (Å²) in [5.41, 5.74) is 0.639. The number of amides is 1. The topological polar surface area (TPSA) is 67.7 Å². The van der Waals surface area contributed by atoms with Crippen LogP contribution in [-0.2, 0) is 16.2 Å². The molecule has 1 aliphatic heterocycles. The lowest BCUT2D eigenvalue weighted by Gasteiger charge is -2.28. The minimum Gasteiger partial charge on any atom is -0.378 e. The van der Waals surface area contributed by atoms with Crippen LogP contribution >= 0.6 is 11.3 Å². The van der Waals surface area contributed by atoms with E-state index < -0.39 is 0 Å². The van der Waals surface area contributed by atoms with Crippen molar-refractivity contribution in [3.63, 3.8) is 0 Å². The van der Waals surface area contributed by atoms with Gasteiger partial charge in [-0.05, 0) is 24.6 Å². The van der Waals surface area contributed by atoms with Gasteiger partial charge in [0.2, 0.25) is 5.91 Å². The molecule has 146 valence electrons. The van der Waals surface area contributed by atoms with E-state index in [2.05, 4.69) is 5.10 Å². The molecule has 0 unspecified atom stereocenters. The molecule has 1 saturated heterocycles. The summed E-state index contributed by atoms with van der Waals surface area (Å²) >= 11 is 1.59. The summed E-state index contributed by atoms with van der Waals surface area (Å²) in [5.74, 6) is 0.0399. The molecule has 4 rings (SSSR count). The highest BCUT2D eigenvalue weighted by Gasteiger charge is 2.19. The SMILES string of the molecule is CN(CC(=O)N1CCOCC1)Cn1nc(-c2cccs2)c2ccccc2c1=O. The largest absolute Gasteiger partial charge is 0.378 e. The van der Waals surface area contributed by atoms with Crippen LogP contribution in [0, 0.1) is 0 Å². The molecule has 0 aliphatic carbocycles. The molecule has 0 radical (unpaired) electrons. The molecule has 8 heteroatoms. The maximum Gasteiger partial charge on any atom is 0.275 e. The number of likely N-dealkylation sites (N-methyl/N-ethyl adjacent to an activating group) is 1. The number of nitrogens with zero attached hydrogens (tertiary/aromatic N) is 4. The molecule has 1 aromatic carbocycles. The summed E-state index contributed by atoms with van der Waals surface area (Å²) in [6.45, 7) is 2.86. The lowest BCUT2D eigenvalue weighted by molar-refractivity contribution is -0.136. The van der Waals surface area contributed by atoms with Crippen molar-refractivity contribution >= 4 is 28.0 Å². The molecular weight excluding hydrogens is 376 g/mol. The highest BCUT2D eigenvalue weighted by atomic mass is 32.1. The second-order valence-corrected chi connectivity index (χ2v) is 7.77. The Labute approximate surface area is 166 Å². The second-order valence-electron chi connectivity index (χ2n) is 6.82. The molecule has 0 atom stereocenters. The van der Waals surface area contributed by atoms with E-state index >= 15 is 0 Å². The summed E-state index contributed by atoms with van der Waals surface area (Å²) in [7, 11) is 1.83. The molecule has 0 saturated carbocycles. The lowest BCUT2D eigenvalue weighted by atomic mass is 10.1. The molecule has 7 nitrogen and oxygen atoms in total. The Morgan fingerprint density at radius 2 is 1.93 bits per heavy atom. The fourth-order valence-corrected chi connectivity index (χ4v) is 4.07. The third kappa shape index (κ3) is 3.84. The zero-order valence-electron chi connectivity index (χ0n) is 15.7. The average molecular weight is 398 g/mol. The minimum absolute atomic E-state index is 0.0399. The zero-order valence-corrected chi connectivity index (χ0v) is 16.5. The van der Waals surface area contributed by atoms with Crippen LogP contribution in [0.1, 0.15) is 0 Å². The predicted octanol–water partition coefficient (Wildman–Crippen LogP) is 1.87. The molecule has 2 aromatic heterocycles. The van der Waals surface area contributed by atoms with Crippen molar-refractivity contribution in [2.45, 2.75) is 6.67 Å². The van der Waals surface area contributed by atoms with E-state index in [9.17, 15) is 9.59 Å². The molecule has 0 spiro atoms. The van der Waals surface area contributed by atoms with E-state index in [0.717, 1.165) is 16.0 Å². The van der Waals surface area contributed by atoms with E-state index in [-0.39, 0.29) is 24.7 Å². The number of hydrogen-bond acceptors (Lipinski definition) is 6. The van der Waals surface area contributed by atoms with Gasteiger partial charge in [-0.25, -0.2) is 4.68 Å². The monoisotopic (exact) mass is 398 g/mol. The molecule has 1 aliphatic rings. The van der Waals surface area contributed by atoms with Gasteiger partial charge in [0, 0.05) is 18.5 Å². The van der Waals surface area contributed by atoms with Gasteiger partial charge in [-0.3, -0.25) is 14.5 Å². The van der Waals surface area contributed by atoms with Crippen LogP contribution in [0.15, 0.2) is 46.6 Å². The lowest BCUT2D eigenvalue weighted by Crippen LogP contribution is -2.45. The predicted molar refractivity (Wildman–Crippen MR) is 109 cm³/mol. The summed E-state index contributed by atoms with van der Waals surface area (Å²) < 4.78 is 6.74. The average Bonchev–Trinajstić information content (AvgIpc) is 3.25. The summed E-state index contributed by atoms with van der Waals surface area (Å²) in [6.07, 6.45) is 0. The van der Waals surface area contributed by atoms with Gasteiger partial charge >= 0.3 is 0 Å². The number of ether oxygens (including phenoxy) is 1. The maximum absolute atomic E-state index is 12.9. The normalized spacial score (nSPS) is 14.7. The van der Waals surface area contributed by atoms with Crippen LogP contribution in [0.2, 0.25) is 0 Å². The van der Waals surface area contributed by atoms with Crippen LogP contribution in [0.3, 0.4) is 0 Å². The summed E-state index contributed by atoms with van der Waals surface area (Å²) in [5, 5.41) is 8.10. The van der Waals surface area contributed by atoms with Gasteiger partial charge in [0.05, 0.1) is 36.7 Å². The quantitative estimate of drug-likeness (QED) is 0.656. The molecular formula is C20H22N4O3S. The summed E-state index contributed by atoms with van der Waals surface area (Å²) in [4.78, 5) is 30.0. The van der Waals surface area contributed by atoms with Crippen molar-refractivity contribution in [2.24, 2.45) is 0 Å². The number of benzene rings is 1. The van der Waals surface area contributed by atoms with Gasteiger partial charge < -0.3 is 9.64 Å². The van der Waals surface area contributed by atoms with Gasteiger partial charge in [0.1, 0.15) is 5.69 Å². The number of fused-ring (bicyclic) bond motifs is 1. The van der Waals surface area contributed by atoms with Crippen LogP contribution in [0.25, 0.3) is 21.3 Å². The van der Waals surface area contributed by atoms with E-state index in [1.165, 1.54) is 4.68 Å². The smallest absolute Gasteiger partial charge is 0.275 e. The fraction of sp³-hybridized carbons (Fsp3) is 0.350. The van der Waals surface area contributed by atoms with E-state index in [0.29, 0.717) is 31.7 Å². The Morgan fingerprint density at radius 1 is 1.18 bits per heavy atom. The van der Waals surface area contributed by atoms with E-state index in [1.807, 2.05) is 53.7 Å².